The molecule has 2 aliphatic rings. The van der Waals surface area contributed by atoms with Gasteiger partial charge in [-0.2, -0.15) is 0 Å². The van der Waals surface area contributed by atoms with Crippen LogP contribution in [0.3, 0.4) is 0 Å². The third-order valence-corrected chi connectivity index (χ3v) is 6.93. The Morgan fingerprint density at radius 3 is 1.87 bits per heavy atom. The number of ether oxygens (including phenoxy) is 6. The van der Waals surface area contributed by atoms with Crippen molar-refractivity contribution in [2.24, 2.45) is 0 Å². The zero-order valence-corrected chi connectivity index (χ0v) is 23.1. The van der Waals surface area contributed by atoms with Crippen molar-refractivity contribution in [3.8, 4) is 0 Å². The van der Waals surface area contributed by atoms with Gasteiger partial charge in [0.2, 0.25) is 12.2 Å². The van der Waals surface area contributed by atoms with Crippen molar-refractivity contribution in [1.82, 2.24) is 0 Å². The van der Waals surface area contributed by atoms with Crippen LogP contribution < -0.4 is 0 Å². The van der Waals surface area contributed by atoms with E-state index in [1.54, 1.807) is 0 Å². The van der Waals surface area contributed by atoms with Gasteiger partial charge in [-0.25, -0.2) is 0 Å². The average Bonchev–Trinajstić information content (AvgIpc) is 2.96. The number of rotatable bonds is 8. The minimum Gasteiger partial charge on any atom is -0.445 e. The summed E-state index contributed by atoms with van der Waals surface area (Å²) in [5.41, 5.74) is 2.78. The molecule has 0 radical (unpaired) electrons. The van der Waals surface area contributed by atoms with Crippen LogP contribution in [0.15, 0.2) is 91.0 Å². The lowest BCUT2D eigenvalue weighted by Gasteiger charge is -2.48. The van der Waals surface area contributed by atoms with Gasteiger partial charge in [0, 0.05) is 5.56 Å². The first-order valence-corrected chi connectivity index (χ1v) is 13.6. The van der Waals surface area contributed by atoms with Gasteiger partial charge in [0.05, 0.1) is 19.8 Å². The van der Waals surface area contributed by atoms with Gasteiger partial charge >= 0.3 is 0 Å². The molecule has 1 N–H and O–H groups in total. The molecule has 7 nitrogen and oxygen atoms in total. The molecule has 2 saturated heterocycles. The normalized spacial score (nSPS) is 26.9. The molecule has 0 amide bonds. The lowest BCUT2D eigenvalue weighted by Crippen LogP contribution is -2.64. The fourth-order valence-electron chi connectivity index (χ4n) is 4.50. The summed E-state index contributed by atoms with van der Waals surface area (Å²) in [6.45, 7) is 0.716. The average molecular weight is 593 g/mol. The maximum atomic E-state index is 8.18. The standard InChI is InChI=1S/C29H28Cl3NO6/c30-29(31,32)28(33)39-27-25(35-17-20-12-6-2-7-13-20)24(34-16-19-10-4-1-5-11-19)23-22(37-27)18-36-26(38-23)21-14-8-3-9-15-21/h1-15,22-27,33H,16-18H2. The van der Waals surface area contributed by atoms with Crippen LogP contribution in [0.2, 0.25) is 0 Å². The molecular formula is C29H28Cl3NO6. The molecule has 2 fully saturated rings. The molecule has 0 saturated carbocycles. The summed E-state index contributed by atoms with van der Waals surface area (Å²) in [7, 11) is 0. The van der Waals surface area contributed by atoms with E-state index in [1.165, 1.54) is 0 Å². The highest BCUT2D eigenvalue weighted by Crippen LogP contribution is 2.38. The predicted molar refractivity (Wildman–Crippen MR) is 148 cm³/mol. The Bertz CT molecular complexity index is 1200. The molecule has 6 unspecified atom stereocenters. The van der Waals surface area contributed by atoms with Crippen LogP contribution in [0.25, 0.3) is 0 Å². The van der Waals surface area contributed by atoms with E-state index < -0.39 is 46.7 Å². The Morgan fingerprint density at radius 2 is 1.31 bits per heavy atom. The maximum Gasteiger partial charge on any atom is 0.265 e. The first-order chi connectivity index (χ1) is 18.9. The van der Waals surface area contributed by atoms with E-state index in [-0.39, 0.29) is 19.8 Å². The molecule has 0 bridgehead atoms. The summed E-state index contributed by atoms with van der Waals surface area (Å²) < 4.78 is 35.2. The molecule has 0 spiro atoms. The van der Waals surface area contributed by atoms with Gasteiger partial charge in [0.25, 0.3) is 3.79 Å². The van der Waals surface area contributed by atoms with Gasteiger partial charge in [0.1, 0.15) is 24.4 Å². The Labute approximate surface area is 242 Å². The Balaban J connectivity index is 1.44. The highest BCUT2D eigenvalue weighted by atomic mass is 35.6. The molecular weight excluding hydrogens is 565 g/mol. The van der Waals surface area contributed by atoms with Gasteiger partial charge in [-0.15, -0.1) is 0 Å². The van der Waals surface area contributed by atoms with Crippen LogP contribution in [0.4, 0.5) is 0 Å². The van der Waals surface area contributed by atoms with Crippen LogP contribution in [-0.2, 0) is 41.6 Å². The zero-order valence-electron chi connectivity index (χ0n) is 20.8. The molecule has 2 aliphatic heterocycles. The van der Waals surface area contributed by atoms with E-state index in [4.69, 9.17) is 68.6 Å². The lowest BCUT2D eigenvalue weighted by atomic mass is 9.97. The van der Waals surface area contributed by atoms with Gasteiger partial charge < -0.3 is 28.4 Å². The van der Waals surface area contributed by atoms with Crippen LogP contribution in [0.5, 0.6) is 0 Å². The SMILES string of the molecule is N=C(OC1OC2COC(c3ccccc3)OC2C(OCc2ccccc2)C1OCc1ccccc1)C(Cl)(Cl)Cl. The summed E-state index contributed by atoms with van der Waals surface area (Å²) in [6.07, 6.45) is -4.41. The first-order valence-electron chi connectivity index (χ1n) is 12.5. The molecule has 39 heavy (non-hydrogen) atoms. The Hall–Kier alpha value is -2.20. The third-order valence-electron chi connectivity index (χ3n) is 6.42. The maximum absolute atomic E-state index is 8.18. The number of benzene rings is 3. The predicted octanol–water partition coefficient (Wildman–Crippen LogP) is 6.36. The molecule has 5 rings (SSSR count). The summed E-state index contributed by atoms with van der Waals surface area (Å²) in [5.74, 6) is -0.592. The van der Waals surface area contributed by atoms with Gasteiger partial charge in [-0.3, -0.25) is 5.41 Å². The molecule has 3 aromatic carbocycles. The lowest BCUT2D eigenvalue weighted by molar-refractivity contribution is -0.363. The van der Waals surface area contributed by atoms with Crippen LogP contribution in [0, 0.1) is 5.41 Å². The van der Waals surface area contributed by atoms with Crippen LogP contribution in [0.1, 0.15) is 23.0 Å². The topological polar surface area (TPSA) is 79.2 Å². The third kappa shape index (κ3) is 7.31. The quantitative estimate of drug-likeness (QED) is 0.186. The van der Waals surface area contributed by atoms with Crippen LogP contribution >= 0.6 is 34.8 Å². The molecule has 0 aromatic heterocycles. The number of hydrogen-bond acceptors (Lipinski definition) is 7. The number of halogens is 3. The molecule has 6 atom stereocenters. The summed E-state index contributed by atoms with van der Waals surface area (Å²) in [5, 5.41) is 8.18. The Morgan fingerprint density at radius 1 is 0.769 bits per heavy atom. The zero-order chi connectivity index (χ0) is 27.2. The van der Waals surface area contributed by atoms with Crippen molar-refractivity contribution in [1.29, 1.82) is 5.41 Å². The highest BCUT2D eigenvalue weighted by molar-refractivity contribution is 6.76. The fraction of sp³-hybridized carbons (Fsp3) is 0.345. The van der Waals surface area contributed by atoms with Crippen molar-refractivity contribution >= 4 is 40.7 Å². The second-order valence-corrected chi connectivity index (χ2v) is 11.5. The van der Waals surface area contributed by atoms with E-state index in [1.807, 2.05) is 91.0 Å². The molecule has 206 valence electrons. The summed E-state index contributed by atoms with van der Waals surface area (Å²) >= 11 is 17.8. The molecule has 2 heterocycles. The molecule has 10 heteroatoms. The second-order valence-electron chi connectivity index (χ2n) is 9.19. The van der Waals surface area contributed by atoms with Crippen molar-refractivity contribution in [2.75, 3.05) is 6.61 Å². The monoisotopic (exact) mass is 591 g/mol. The first kappa shape index (κ1) is 28.3. The van der Waals surface area contributed by atoms with Gasteiger partial charge in [-0.1, -0.05) is 126 Å². The van der Waals surface area contributed by atoms with Crippen molar-refractivity contribution in [2.45, 2.75) is 54.0 Å². The minimum atomic E-state index is -2.08. The van der Waals surface area contributed by atoms with Crippen molar-refractivity contribution in [3.05, 3.63) is 108 Å². The van der Waals surface area contributed by atoms with Crippen molar-refractivity contribution in [3.63, 3.8) is 0 Å². The second kappa shape index (κ2) is 13.0. The Kier molecular flexibility index (Phi) is 9.43. The van der Waals surface area contributed by atoms with E-state index in [9.17, 15) is 0 Å². The summed E-state index contributed by atoms with van der Waals surface area (Å²) in [4.78, 5) is 0. The largest absolute Gasteiger partial charge is 0.445 e. The van der Waals surface area contributed by atoms with E-state index in [0.29, 0.717) is 0 Å². The summed E-state index contributed by atoms with van der Waals surface area (Å²) in [6, 6.07) is 29.1. The number of fused-ring (bicyclic) bond motifs is 1. The van der Waals surface area contributed by atoms with Gasteiger partial charge in [-0.05, 0) is 11.1 Å². The van der Waals surface area contributed by atoms with Crippen LogP contribution in [-0.4, -0.2) is 47.0 Å². The number of nitrogens with one attached hydrogen (secondary N) is 1. The van der Waals surface area contributed by atoms with Crippen molar-refractivity contribution < 1.29 is 28.4 Å². The fourth-order valence-corrected chi connectivity index (χ4v) is 4.64. The highest BCUT2D eigenvalue weighted by Gasteiger charge is 2.53. The van der Waals surface area contributed by atoms with E-state index in [2.05, 4.69) is 0 Å². The van der Waals surface area contributed by atoms with E-state index in [0.717, 1.165) is 16.7 Å². The smallest absolute Gasteiger partial charge is 0.265 e. The molecule has 3 aromatic rings. The molecule has 0 aliphatic carbocycles. The number of hydrogen-bond donors (Lipinski definition) is 1. The number of alkyl halides is 3. The van der Waals surface area contributed by atoms with Gasteiger partial charge in [0.15, 0.2) is 6.29 Å². The van der Waals surface area contributed by atoms with E-state index >= 15 is 0 Å². The minimum absolute atomic E-state index is 0.196.